The number of anilines is 1. The summed E-state index contributed by atoms with van der Waals surface area (Å²) in [6.07, 6.45) is 0. The van der Waals surface area contributed by atoms with Crippen LogP contribution in [0, 0.1) is 11.6 Å². The average molecular weight is 265 g/mol. The Morgan fingerprint density at radius 1 is 1.21 bits per heavy atom. The van der Waals surface area contributed by atoms with E-state index in [-0.39, 0.29) is 23.4 Å². The van der Waals surface area contributed by atoms with Gasteiger partial charge in [0.2, 0.25) is 11.7 Å². The summed E-state index contributed by atoms with van der Waals surface area (Å²) in [5.41, 5.74) is 5.62. The first-order chi connectivity index (χ1) is 8.97. The Labute approximate surface area is 109 Å². The molecule has 0 saturated heterocycles. The van der Waals surface area contributed by atoms with E-state index in [1.54, 1.807) is 0 Å². The molecule has 0 fully saturated rings. The minimum atomic E-state index is -1.06. The van der Waals surface area contributed by atoms with Crippen LogP contribution in [0.15, 0.2) is 24.3 Å². The van der Waals surface area contributed by atoms with Gasteiger partial charge < -0.3 is 10.5 Å². The lowest BCUT2D eigenvalue weighted by Crippen LogP contribution is -2.03. The molecule has 0 spiro atoms. The van der Waals surface area contributed by atoms with Crippen molar-refractivity contribution in [3.8, 4) is 11.6 Å². The predicted molar refractivity (Wildman–Crippen MR) is 67.0 cm³/mol. The number of hydrogen-bond acceptors (Lipinski definition) is 4. The predicted octanol–water partition coefficient (Wildman–Crippen LogP) is 3.25. The van der Waals surface area contributed by atoms with E-state index in [1.807, 2.05) is 13.8 Å². The Bertz CT molecular complexity index is 602. The van der Waals surface area contributed by atoms with Gasteiger partial charge in [-0.3, -0.25) is 0 Å². The summed E-state index contributed by atoms with van der Waals surface area (Å²) < 4.78 is 31.7. The largest absolute Gasteiger partial charge is 0.436 e. The van der Waals surface area contributed by atoms with Gasteiger partial charge in [0.25, 0.3) is 0 Å². The molecular formula is C13H13F2N3O. The van der Waals surface area contributed by atoms with Crippen LogP contribution in [0.4, 0.5) is 14.6 Å². The highest BCUT2D eigenvalue weighted by atomic mass is 19.2. The van der Waals surface area contributed by atoms with Gasteiger partial charge in [-0.25, -0.2) is 9.37 Å². The summed E-state index contributed by atoms with van der Waals surface area (Å²) in [6, 6.07) is 5.03. The van der Waals surface area contributed by atoms with Crippen molar-refractivity contribution in [3.05, 3.63) is 41.7 Å². The van der Waals surface area contributed by atoms with Crippen LogP contribution in [0.2, 0.25) is 0 Å². The van der Waals surface area contributed by atoms with E-state index >= 15 is 0 Å². The van der Waals surface area contributed by atoms with Crippen molar-refractivity contribution >= 4 is 5.82 Å². The number of nitrogens with zero attached hydrogens (tertiary/aromatic N) is 2. The first-order valence-corrected chi connectivity index (χ1v) is 5.73. The zero-order valence-corrected chi connectivity index (χ0v) is 10.5. The molecule has 2 rings (SSSR count). The van der Waals surface area contributed by atoms with Crippen molar-refractivity contribution < 1.29 is 13.5 Å². The fourth-order valence-corrected chi connectivity index (χ4v) is 1.45. The van der Waals surface area contributed by atoms with Gasteiger partial charge in [-0.1, -0.05) is 19.9 Å². The zero-order chi connectivity index (χ0) is 14.0. The number of halogens is 2. The van der Waals surface area contributed by atoms with E-state index < -0.39 is 11.6 Å². The van der Waals surface area contributed by atoms with Crippen molar-refractivity contribution in [3.63, 3.8) is 0 Å². The molecule has 2 N–H and O–H groups in total. The molecule has 0 aliphatic heterocycles. The van der Waals surface area contributed by atoms with Crippen LogP contribution in [0.5, 0.6) is 11.6 Å². The molecule has 2 aromatic rings. The second-order valence-electron chi connectivity index (χ2n) is 4.30. The fourth-order valence-electron chi connectivity index (χ4n) is 1.45. The highest BCUT2D eigenvalue weighted by molar-refractivity contribution is 5.36. The monoisotopic (exact) mass is 265 g/mol. The third-order valence-electron chi connectivity index (χ3n) is 2.39. The number of nitrogen functional groups attached to an aromatic ring is 1. The van der Waals surface area contributed by atoms with Crippen LogP contribution in [-0.2, 0) is 0 Å². The molecule has 0 saturated carbocycles. The number of rotatable bonds is 3. The number of benzene rings is 1. The van der Waals surface area contributed by atoms with Crippen LogP contribution in [0.3, 0.4) is 0 Å². The second-order valence-corrected chi connectivity index (χ2v) is 4.30. The summed E-state index contributed by atoms with van der Waals surface area (Å²) in [7, 11) is 0. The van der Waals surface area contributed by atoms with E-state index in [4.69, 9.17) is 10.5 Å². The van der Waals surface area contributed by atoms with Gasteiger partial charge in [0.1, 0.15) is 11.6 Å². The van der Waals surface area contributed by atoms with Gasteiger partial charge in [-0.05, 0) is 12.1 Å². The molecule has 0 atom stereocenters. The lowest BCUT2D eigenvalue weighted by molar-refractivity contribution is 0.403. The minimum absolute atomic E-state index is 0.0446. The Kier molecular flexibility index (Phi) is 3.59. The molecular weight excluding hydrogens is 252 g/mol. The van der Waals surface area contributed by atoms with E-state index in [0.29, 0.717) is 5.82 Å². The number of nitrogens with two attached hydrogens (primary N) is 1. The molecule has 0 unspecified atom stereocenters. The molecule has 0 aliphatic carbocycles. The normalized spacial score (nSPS) is 10.8. The van der Waals surface area contributed by atoms with E-state index in [0.717, 1.165) is 6.07 Å². The minimum Gasteiger partial charge on any atom is -0.436 e. The molecule has 19 heavy (non-hydrogen) atoms. The van der Waals surface area contributed by atoms with Gasteiger partial charge >= 0.3 is 0 Å². The molecule has 100 valence electrons. The Hall–Kier alpha value is -2.24. The van der Waals surface area contributed by atoms with Gasteiger partial charge in [-0.15, -0.1) is 0 Å². The van der Waals surface area contributed by atoms with Crippen molar-refractivity contribution in [1.29, 1.82) is 0 Å². The summed E-state index contributed by atoms with van der Waals surface area (Å²) in [5, 5.41) is 0. The SMILES string of the molecule is CC(C)c1nc(N)cc(Oc2cccc(F)c2F)n1. The number of ether oxygens (including phenoxy) is 1. The highest BCUT2D eigenvalue weighted by Crippen LogP contribution is 2.26. The highest BCUT2D eigenvalue weighted by Gasteiger charge is 2.12. The molecule has 1 aromatic heterocycles. The summed E-state index contributed by atoms with van der Waals surface area (Å²) in [5.74, 6) is -1.47. The third kappa shape index (κ3) is 2.96. The Balaban J connectivity index is 2.35. The van der Waals surface area contributed by atoms with Crippen LogP contribution < -0.4 is 10.5 Å². The average Bonchev–Trinajstić information content (AvgIpc) is 2.34. The molecule has 0 radical (unpaired) electrons. The quantitative estimate of drug-likeness (QED) is 0.925. The Morgan fingerprint density at radius 2 is 1.95 bits per heavy atom. The molecule has 1 heterocycles. The summed E-state index contributed by atoms with van der Waals surface area (Å²) >= 11 is 0. The fraction of sp³-hybridized carbons (Fsp3) is 0.231. The zero-order valence-electron chi connectivity index (χ0n) is 10.5. The smallest absolute Gasteiger partial charge is 0.224 e. The van der Waals surface area contributed by atoms with Gasteiger partial charge in [0.15, 0.2) is 11.6 Å². The maximum atomic E-state index is 13.5. The standard InChI is InChI=1S/C13H13F2N3O/c1-7(2)13-17-10(16)6-11(18-13)19-9-5-3-4-8(14)12(9)15/h3-7H,1-2H3,(H2,16,17,18). The van der Waals surface area contributed by atoms with Crippen LogP contribution >= 0.6 is 0 Å². The number of aromatic nitrogens is 2. The van der Waals surface area contributed by atoms with E-state index in [1.165, 1.54) is 18.2 Å². The maximum absolute atomic E-state index is 13.5. The van der Waals surface area contributed by atoms with Crippen molar-refractivity contribution in [2.24, 2.45) is 0 Å². The topological polar surface area (TPSA) is 61.0 Å². The molecule has 4 nitrogen and oxygen atoms in total. The van der Waals surface area contributed by atoms with E-state index in [9.17, 15) is 8.78 Å². The summed E-state index contributed by atoms with van der Waals surface area (Å²) in [6.45, 7) is 3.78. The van der Waals surface area contributed by atoms with Crippen molar-refractivity contribution in [2.45, 2.75) is 19.8 Å². The summed E-state index contributed by atoms with van der Waals surface area (Å²) in [4.78, 5) is 8.13. The van der Waals surface area contributed by atoms with Crippen LogP contribution in [-0.4, -0.2) is 9.97 Å². The van der Waals surface area contributed by atoms with E-state index in [2.05, 4.69) is 9.97 Å². The molecule has 6 heteroatoms. The van der Waals surface area contributed by atoms with Gasteiger partial charge in [0.05, 0.1) is 0 Å². The van der Waals surface area contributed by atoms with Crippen LogP contribution in [0.25, 0.3) is 0 Å². The lowest BCUT2D eigenvalue weighted by Gasteiger charge is -2.09. The number of hydrogen-bond donors (Lipinski definition) is 1. The van der Waals surface area contributed by atoms with Crippen LogP contribution in [0.1, 0.15) is 25.6 Å². The second kappa shape index (κ2) is 5.17. The first-order valence-electron chi connectivity index (χ1n) is 5.73. The molecule has 0 bridgehead atoms. The Morgan fingerprint density at radius 3 is 2.63 bits per heavy atom. The van der Waals surface area contributed by atoms with Crippen molar-refractivity contribution in [2.75, 3.05) is 5.73 Å². The first kappa shape index (κ1) is 13.2. The molecule has 0 aliphatic rings. The van der Waals surface area contributed by atoms with Gasteiger partial charge in [-0.2, -0.15) is 9.37 Å². The van der Waals surface area contributed by atoms with Crippen molar-refractivity contribution in [1.82, 2.24) is 9.97 Å². The third-order valence-corrected chi connectivity index (χ3v) is 2.39. The molecule has 1 aromatic carbocycles. The maximum Gasteiger partial charge on any atom is 0.224 e. The van der Waals surface area contributed by atoms with Gasteiger partial charge in [0, 0.05) is 12.0 Å². The lowest BCUT2D eigenvalue weighted by atomic mass is 10.2. The molecule has 0 amide bonds.